The number of methoxy groups -OCH3 is 2. The van der Waals surface area contributed by atoms with Crippen LogP contribution in [0.1, 0.15) is 72.6 Å². The third-order valence-electron chi connectivity index (χ3n) is 9.85. The van der Waals surface area contributed by atoms with Crippen molar-refractivity contribution in [2.45, 2.75) is 65.0 Å². The molecule has 296 valence electrons. The maximum absolute atomic E-state index is 13.2. The molecular formula is C45H50N6O6. The molecule has 6 aromatic rings. The Bertz CT molecular complexity index is 2160. The number of ether oxygens (including phenoxy) is 4. The molecule has 0 aliphatic heterocycles. The van der Waals surface area contributed by atoms with Crippen molar-refractivity contribution in [1.29, 1.82) is 0 Å². The number of hydrogen-bond acceptors (Lipinski definition) is 9. The predicted molar refractivity (Wildman–Crippen MR) is 219 cm³/mol. The summed E-state index contributed by atoms with van der Waals surface area (Å²) in [4.78, 5) is 38.7. The van der Waals surface area contributed by atoms with Gasteiger partial charge in [0.1, 0.15) is 30.2 Å². The second kappa shape index (κ2) is 19.2. The van der Waals surface area contributed by atoms with Crippen LogP contribution in [0.15, 0.2) is 116 Å². The number of nitrogens with zero attached hydrogens (tertiary/aromatic N) is 4. The van der Waals surface area contributed by atoms with Gasteiger partial charge in [-0.15, -0.1) is 0 Å². The highest BCUT2D eigenvalue weighted by Crippen LogP contribution is 2.42. The Hall–Kier alpha value is -6.11. The van der Waals surface area contributed by atoms with Crippen LogP contribution in [-0.2, 0) is 33.1 Å². The zero-order valence-corrected chi connectivity index (χ0v) is 33.1. The molecule has 0 spiro atoms. The predicted octanol–water partition coefficient (Wildman–Crippen LogP) is 7.91. The Morgan fingerprint density at radius 3 is 2.02 bits per heavy atom. The van der Waals surface area contributed by atoms with E-state index >= 15 is 0 Å². The van der Waals surface area contributed by atoms with Crippen molar-refractivity contribution < 1.29 is 28.5 Å². The number of carbonyl (C=O) groups excluding carboxylic acids is 2. The van der Waals surface area contributed by atoms with Gasteiger partial charge < -0.3 is 29.6 Å². The molecule has 0 aliphatic rings. The molecule has 6 rings (SSSR count). The van der Waals surface area contributed by atoms with E-state index < -0.39 is 5.60 Å². The standard InChI is InChI=1S/C45H50N6O6/c1-6-37(27-57-45(34-10-8-7-9-11-34,35-17-21-38(54-4)22-18-35)36-19-23-39(55-5)24-20-36)56-30-51-29-49-41-42(47-28-48-43(41)51)50-44(53)33-15-13-32(14-16-33)26-46-40(52)25-12-31(2)3/h7-11,13-24,28-29,31,37H,6,12,25-27,30H2,1-5H3,(H,46,52)(H,47,48,50,53)/t37-/m0/s1. The molecular weight excluding hydrogens is 721 g/mol. The van der Waals surface area contributed by atoms with Crippen LogP contribution in [0.3, 0.4) is 0 Å². The van der Waals surface area contributed by atoms with Crippen molar-refractivity contribution >= 4 is 28.8 Å². The minimum Gasteiger partial charge on any atom is -0.497 e. The normalized spacial score (nSPS) is 12.0. The maximum Gasteiger partial charge on any atom is 0.256 e. The molecule has 57 heavy (non-hydrogen) atoms. The molecule has 0 saturated heterocycles. The monoisotopic (exact) mass is 770 g/mol. The summed E-state index contributed by atoms with van der Waals surface area (Å²) in [6.07, 6.45) is 4.71. The van der Waals surface area contributed by atoms with Crippen LogP contribution < -0.4 is 20.1 Å². The molecule has 0 fully saturated rings. The number of carbonyl (C=O) groups is 2. The molecule has 12 heteroatoms. The molecule has 2 amide bonds. The molecule has 4 aromatic carbocycles. The lowest BCUT2D eigenvalue weighted by Crippen LogP contribution is -2.36. The molecule has 0 unspecified atom stereocenters. The van der Waals surface area contributed by atoms with Crippen LogP contribution in [0.2, 0.25) is 0 Å². The Morgan fingerprint density at radius 1 is 0.789 bits per heavy atom. The topological polar surface area (TPSA) is 139 Å². The lowest BCUT2D eigenvalue weighted by Gasteiger charge is -2.37. The van der Waals surface area contributed by atoms with Gasteiger partial charge in [0.15, 0.2) is 17.0 Å². The smallest absolute Gasteiger partial charge is 0.256 e. The van der Waals surface area contributed by atoms with Crippen molar-refractivity contribution in [2.75, 3.05) is 26.1 Å². The van der Waals surface area contributed by atoms with Crippen molar-refractivity contribution in [3.8, 4) is 11.5 Å². The Kier molecular flexibility index (Phi) is 13.6. The molecule has 0 aliphatic carbocycles. The number of amides is 2. The summed E-state index contributed by atoms with van der Waals surface area (Å²) in [5, 5.41) is 5.81. The molecule has 0 radical (unpaired) electrons. The van der Waals surface area contributed by atoms with E-state index in [0.717, 1.165) is 40.2 Å². The molecule has 2 N–H and O–H groups in total. The number of benzene rings is 4. The molecule has 12 nitrogen and oxygen atoms in total. The molecule has 0 bridgehead atoms. The van der Waals surface area contributed by atoms with Crippen LogP contribution in [0.25, 0.3) is 11.2 Å². The highest BCUT2D eigenvalue weighted by Gasteiger charge is 2.38. The average molecular weight is 771 g/mol. The Labute approximate surface area is 333 Å². The zero-order valence-electron chi connectivity index (χ0n) is 33.1. The second-order valence-electron chi connectivity index (χ2n) is 14.1. The summed E-state index contributed by atoms with van der Waals surface area (Å²) in [5.41, 5.74) is 4.12. The van der Waals surface area contributed by atoms with Gasteiger partial charge in [-0.3, -0.25) is 14.2 Å². The van der Waals surface area contributed by atoms with Gasteiger partial charge in [-0.2, -0.15) is 0 Å². The van der Waals surface area contributed by atoms with Crippen LogP contribution in [0, 0.1) is 5.92 Å². The van der Waals surface area contributed by atoms with E-state index in [4.69, 9.17) is 18.9 Å². The number of rotatable bonds is 19. The van der Waals surface area contributed by atoms with E-state index in [-0.39, 0.29) is 37.1 Å². The summed E-state index contributed by atoms with van der Waals surface area (Å²) in [6.45, 7) is 7.04. The SMILES string of the molecule is CC[C@@H](COC(c1ccccc1)(c1ccc(OC)cc1)c1ccc(OC)cc1)OCn1cnc2c(NC(=O)c3ccc(CNC(=O)CCC(C)C)cc3)ncnc21. The first-order chi connectivity index (χ1) is 27.7. The molecule has 2 aromatic heterocycles. The number of imidazole rings is 1. The fourth-order valence-corrected chi connectivity index (χ4v) is 6.49. The van der Waals surface area contributed by atoms with Gasteiger partial charge in [0, 0.05) is 18.5 Å². The van der Waals surface area contributed by atoms with Gasteiger partial charge in [-0.1, -0.05) is 87.5 Å². The van der Waals surface area contributed by atoms with E-state index in [2.05, 4.69) is 58.5 Å². The number of hydrogen-bond donors (Lipinski definition) is 2. The van der Waals surface area contributed by atoms with Crippen molar-refractivity contribution in [3.05, 3.63) is 144 Å². The summed E-state index contributed by atoms with van der Waals surface area (Å²) in [7, 11) is 3.30. The quantitative estimate of drug-likeness (QED) is 0.0787. The third-order valence-corrected chi connectivity index (χ3v) is 9.85. The lowest BCUT2D eigenvalue weighted by atomic mass is 9.80. The van der Waals surface area contributed by atoms with Gasteiger partial charge in [-0.25, -0.2) is 15.0 Å². The van der Waals surface area contributed by atoms with E-state index in [1.54, 1.807) is 37.2 Å². The Balaban J connectivity index is 1.15. The third kappa shape index (κ3) is 9.83. The van der Waals surface area contributed by atoms with Crippen LogP contribution in [-0.4, -0.2) is 58.3 Å². The number of aromatic nitrogens is 4. The fraction of sp³-hybridized carbons (Fsp3) is 0.311. The van der Waals surface area contributed by atoms with Crippen molar-refractivity contribution in [3.63, 3.8) is 0 Å². The zero-order chi connectivity index (χ0) is 40.2. The minimum atomic E-state index is -0.984. The maximum atomic E-state index is 13.2. The fourth-order valence-electron chi connectivity index (χ4n) is 6.49. The van der Waals surface area contributed by atoms with E-state index in [1.165, 1.54) is 6.33 Å². The first-order valence-corrected chi connectivity index (χ1v) is 19.2. The van der Waals surface area contributed by atoms with Gasteiger partial charge in [0.2, 0.25) is 5.91 Å². The summed E-state index contributed by atoms with van der Waals surface area (Å²) >= 11 is 0. The highest BCUT2D eigenvalue weighted by atomic mass is 16.5. The average Bonchev–Trinajstić information content (AvgIpc) is 3.68. The largest absolute Gasteiger partial charge is 0.497 e. The first-order valence-electron chi connectivity index (χ1n) is 19.2. The van der Waals surface area contributed by atoms with Crippen LogP contribution in [0.5, 0.6) is 11.5 Å². The Morgan fingerprint density at radius 2 is 1.42 bits per heavy atom. The van der Waals surface area contributed by atoms with Gasteiger partial charge >= 0.3 is 0 Å². The van der Waals surface area contributed by atoms with Gasteiger partial charge in [0.25, 0.3) is 5.91 Å². The number of nitrogens with one attached hydrogen (secondary N) is 2. The number of fused-ring (bicyclic) bond motifs is 1. The van der Waals surface area contributed by atoms with Crippen LogP contribution >= 0.6 is 0 Å². The van der Waals surface area contributed by atoms with E-state index in [9.17, 15) is 9.59 Å². The molecule has 2 heterocycles. The van der Waals surface area contributed by atoms with Crippen molar-refractivity contribution in [2.24, 2.45) is 5.92 Å². The van der Waals surface area contributed by atoms with Crippen LogP contribution in [0.4, 0.5) is 5.82 Å². The van der Waals surface area contributed by atoms with Crippen molar-refractivity contribution in [1.82, 2.24) is 24.8 Å². The lowest BCUT2D eigenvalue weighted by molar-refractivity contribution is -0.121. The highest BCUT2D eigenvalue weighted by molar-refractivity contribution is 6.06. The van der Waals surface area contributed by atoms with E-state index in [1.807, 2.05) is 78.9 Å². The van der Waals surface area contributed by atoms with Gasteiger partial charge in [-0.05, 0) is 77.4 Å². The van der Waals surface area contributed by atoms with E-state index in [0.29, 0.717) is 42.0 Å². The summed E-state index contributed by atoms with van der Waals surface area (Å²) in [6, 6.07) is 33.1. The number of anilines is 1. The molecule has 1 atom stereocenters. The molecule has 0 saturated carbocycles. The second-order valence-corrected chi connectivity index (χ2v) is 14.1. The first kappa shape index (κ1) is 40.6. The minimum absolute atomic E-state index is 0.0150. The summed E-state index contributed by atoms with van der Waals surface area (Å²) < 4.78 is 26.3. The van der Waals surface area contributed by atoms with Gasteiger partial charge in [0.05, 0.1) is 33.3 Å². The summed E-state index contributed by atoms with van der Waals surface area (Å²) in [5.74, 6) is 1.92.